The molecule has 64 valence electrons. The molecule has 0 saturated carbocycles. The van der Waals surface area contributed by atoms with Crippen molar-refractivity contribution in [3.63, 3.8) is 0 Å². The lowest BCUT2D eigenvalue weighted by molar-refractivity contribution is -0.112. The molecule has 0 fully saturated rings. The number of rotatable bonds is 2. The van der Waals surface area contributed by atoms with Crippen molar-refractivity contribution in [2.24, 2.45) is 5.73 Å². The minimum absolute atomic E-state index is 0.171. The van der Waals surface area contributed by atoms with E-state index in [1.54, 1.807) is 5.38 Å². The van der Waals surface area contributed by atoms with E-state index in [1.165, 1.54) is 11.3 Å². The highest BCUT2D eigenvalue weighted by Crippen LogP contribution is 2.19. The van der Waals surface area contributed by atoms with E-state index < -0.39 is 5.91 Å². The van der Waals surface area contributed by atoms with E-state index in [0.29, 0.717) is 10.8 Å². The quantitative estimate of drug-likeness (QED) is 0.698. The molecule has 1 rings (SSSR count). The molecule has 0 aliphatic rings. The van der Waals surface area contributed by atoms with Crippen molar-refractivity contribution < 1.29 is 4.79 Å². The Balaban J connectivity index is 3.04. The van der Waals surface area contributed by atoms with Gasteiger partial charge in [0.05, 0.1) is 11.3 Å². The van der Waals surface area contributed by atoms with Crippen LogP contribution in [0.2, 0.25) is 0 Å². The molecule has 1 aromatic heterocycles. The van der Waals surface area contributed by atoms with Gasteiger partial charge in [-0.3, -0.25) is 4.79 Å². The van der Waals surface area contributed by atoms with Crippen LogP contribution < -0.4 is 11.5 Å². The molecule has 0 unspecified atom stereocenters. The summed E-state index contributed by atoms with van der Waals surface area (Å²) >= 11 is 6.59. The molecule has 1 heterocycles. The van der Waals surface area contributed by atoms with E-state index >= 15 is 0 Å². The molecule has 0 aromatic carbocycles. The van der Waals surface area contributed by atoms with E-state index in [2.05, 4.69) is 4.98 Å². The van der Waals surface area contributed by atoms with Gasteiger partial charge >= 0.3 is 0 Å². The fraction of sp³-hybridized carbons (Fsp3) is 0. The maximum absolute atomic E-state index is 10.7. The molecular formula is C6H6ClN3OS. The van der Waals surface area contributed by atoms with Crippen molar-refractivity contribution in [1.82, 2.24) is 4.98 Å². The largest absolute Gasteiger partial charge is 0.375 e. The highest BCUT2D eigenvalue weighted by Gasteiger charge is 2.10. The summed E-state index contributed by atoms with van der Waals surface area (Å²) in [5.41, 5.74) is 12.1. The van der Waals surface area contributed by atoms with Gasteiger partial charge in [0.15, 0.2) is 5.13 Å². The summed E-state index contributed by atoms with van der Waals surface area (Å²) in [5.74, 6) is -0.615. The Kier molecular flexibility index (Phi) is 2.67. The van der Waals surface area contributed by atoms with E-state index in [4.69, 9.17) is 23.1 Å². The monoisotopic (exact) mass is 203 g/mol. The standard InChI is InChI=1S/C6H6ClN3OS/c7-1-3(5(8)11)4-2-12-6(9)10-4/h1-2H,(H2,8,11)(H2,9,10)/b3-1+. The van der Waals surface area contributed by atoms with Crippen molar-refractivity contribution in [1.29, 1.82) is 0 Å². The van der Waals surface area contributed by atoms with Gasteiger partial charge in [0.25, 0.3) is 5.91 Å². The number of amides is 1. The van der Waals surface area contributed by atoms with Crippen LogP contribution in [0.3, 0.4) is 0 Å². The second-order valence-corrected chi connectivity index (χ2v) is 3.07. The van der Waals surface area contributed by atoms with Gasteiger partial charge in [0.1, 0.15) is 0 Å². The van der Waals surface area contributed by atoms with Crippen molar-refractivity contribution >= 4 is 39.5 Å². The summed E-state index contributed by atoms with van der Waals surface area (Å²) in [6.45, 7) is 0. The zero-order chi connectivity index (χ0) is 9.14. The lowest BCUT2D eigenvalue weighted by atomic mass is 10.2. The number of nitrogen functional groups attached to an aromatic ring is 1. The number of nitrogens with two attached hydrogens (primary N) is 2. The predicted molar refractivity (Wildman–Crippen MR) is 49.6 cm³/mol. The third kappa shape index (κ3) is 1.75. The molecule has 4 nitrogen and oxygen atoms in total. The summed E-state index contributed by atoms with van der Waals surface area (Å²) in [7, 11) is 0. The Labute approximate surface area is 77.8 Å². The Morgan fingerprint density at radius 1 is 1.75 bits per heavy atom. The number of aromatic nitrogens is 1. The Bertz CT molecular complexity index is 333. The third-order valence-corrected chi connectivity index (χ3v) is 2.06. The first-order chi connectivity index (χ1) is 5.65. The molecular weight excluding hydrogens is 198 g/mol. The number of hydrogen-bond donors (Lipinski definition) is 2. The normalized spacial score (nSPS) is 11.6. The van der Waals surface area contributed by atoms with Crippen LogP contribution in [-0.4, -0.2) is 10.9 Å². The van der Waals surface area contributed by atoms with Crippen LogP contribution >= 0.6 is 22.9 Å². The van der Waals surface area contributed by atoms with Gasteiger partial charge in [0.2, 0.25) is 0 Å². The topological polar surface area (TPSA) is 82.0 Å². The maximum atomic E-state index is 10.7. The van der Waals surface area contributed by atoms with Gasteiger partial charge in [-0.1, -0.05) is 11.6 Å². The predicted octanol–water partition coefficient (Wildman–Crippen LogP) is 0.790. The van der Waals surface area contributed by atoms with Crippen LogP contribution in [0.4, 0.5) is 5.13 Å². The summed E-state index contributed by atoms with van der Waals surface area (Å²) in [6, 6.07) is 0. The van der Waals surface area contributed by atoms with Crippen LogP contribution in [0.1, 0.15) is 5.69 Å². The number of primary amides is 1. The zero-order valence-electron chi connectivity index (χ0n) is 5.95. The number of carbonyl (C=O) groups excluding carboxylic acids is 1. The molecule has 0 saturated heterocycles. The molecule has 12 heavy (non-hydrogen) atoms. The lowest BCUT2D eigenvalue weighted by Gasteiger charge is -1.94. The lowest BCUT2D eigenvalue weighted by Crippen LogP contribution is -2.12. The van der Waals surface area contributed by atoms with Crippen molar-refractivity contribution in [3.05, 3.63) is 16.6 Å². The van der Waals surface area contributed by atoms with E-state index in [9.17, 15) is 4.79 Å². The first-order valence-electron chi connectivity index (χ1n) is 2.96. The van der Waals surface area contributed by atoms with Gasteiger partial charge in [-0.15, -0.1) is 11.3 Å². The number of hydrogen-bond acceptors (Lipinski definition) is 4. The fourth-order valence-electron chi connectivity index (χ4n) is 0.647. The molecule has 0 aliphatic heterocycles. The molecule has 0 bridgehead atoms. The van der Waals surface area contributed by atoms with Crippen LogP contribution in [0.5, 0.6) is 0 Å². The van der Waals surface area contributed by atoms with Crippen LogP contribution in [0, 0.1) is 0 Å². The Morgan fingerprint density at radius 2 is 2.42 bits per heavy atom. The average molecular weight is 204 g/mol. The van der Waals surface area contributed by atoms with E-state index in [1.807, 2.05) is 0 Å². The van der Waals surface area contributed by atoms with Gasteiger partial charge in [-0.25, -0.2) is 4.98 Å². The summed E-state index contributed by atoms with van der Waals surface area (Å²) in [5, 5.41) is 2.00. The SMILES string of the molecule is NC(=O)/C(=C/Cl)c1csc(N)n1. The summed E-state index contributed by atoms with van der Waals surface area (Å²) in [6.07, 6.45) is 0. The number of thiazole rings is 1. The van der Waals surface area contributed by atoms with Gasteiger partial charge in [0, 0.05) is 10.9 Å². The Morgan fingerprint density at radius 3 is 2.75 bits per heavy atom. The first-order valence-corrected chi connectivity index (χ1v) is 4.28. The minimum Gasteiger partial charge on any atom is -0.375 e. The van der Waals surface area contributed by atoms with Crippen molar-refractivity contribution in [3.8, 4) is 0 Å². The van der Waals surface area contributed by atoms with Crippen LogP contribution in [-0.2, 0) is 4.79 Å². The molecule has 0 spiro atoms. The molecule has 0 radical (unpaired) electrons. The highest BCUT2D eigenvalue weighted by atomic mass is 35.5. The summed E-state index contributed by atoms with van der Waals surface area (Å²) < 4.78 is 0. The second kappa shape index (κ2) is 3.55. The average Bonchev–Trinajstić information content (AvgIpc) is 2.37. The first kappa shape index (κ1) is 9.02. The maximum Gasteiger partial charge on any atom is 0.251 e. The zero-order valence-corrected chi connectivity index (χ0v) is 7.52. The second-order valence-electron chi connectivity index (χ2n) is 1.96. The van der Waals surface area contributed by atoms with Gasteiger partial charge in [-0.05, 0) is 0 Å². The highest BCUT2D eigenvalue weighted by molar-refractivity contribution is 7.13. The molecule has 6 heteroatoms. The summed E-state index contributed by atoms with van der Waals surface area (Å²) in [4.78, 5) is 14.6. The fourth-order valence-corrected chi connectivity index (χ4v) is 1.43. The van der Waals surface area contributed by atoms with E-state index in [0.717, 1.165) is 5.54 Å². The van der Waals surface area contributed by atoms with Crippen molar-refractivity contribution in [2.45, 2.75) is 0 Å². The van der Waals surface area contributed by atoms with Crippen molar-refractivity contribution in [2.75, 3.05) is 5.73 Å². The number of carbonyl (C=O) groups is 1. The molecule has 1 aromatic rings. The Hall–Kier alpha value is -1.07. The molecule has 0 aliphatic carbocycles. The van der Waals surface area contributed by atoms with Gasteiger partial charge in [-0.2, -0.15) is 0 Å². The molecule has 1 amide bonds. The smallest absolute Gasteiger partial charge is 0.251 e. The van der Waals surface area contributed by atoms with Gasteiger partial charge < -0.3 is 11.5 Å². The minimum atomic E-state index is -0.615. The number of anilines is 1. The molecule has 4 N–H and O–H groups in total. The van der Waals surface area contributed by atoms with Crippen LogP contribution in [0.25, 0.3) is 5.57 Å². The number of nitrogens with zero attached hydrogens (tertiary/aromatic N) is 1. The van der Waals surface area contributed by atoms with Crippen LogP contribution in [0.15, 0.2) is 10.9 Å². The molecule has 0 atom stereocenters. The third-order valence-electron chi connectivity index (χ3n) is 1.17. The van der Waals surface area contributed by atoms with E-state index in [-0.39, 0.29) is 5.57 Å². The number of halogens is 1.